The molecule has 1 aliphatic rings. The molecule has 1 aromatic heterocycles. The smallest absolute Gasteiger partial charge is 0.311 e. The number of aromatic nitrogens is 1. The van der Waals surface area contributed by atoms with E-state index in [-0.39, 0.29) is 24.4 Å². The van der Waals surface area contributed by atoms with E-state index < -0.39 is 11.4 Å². The monoisotopic (exact) mass is 278 g/mol. The minimum Gasteiger partial charge on any atom is -0.481 e. The van der Waals surface area contributed by atoms with Crippen LogP contribution in [0, 0.1) is 5.41 Å². The van der Waals surface area contributed by atoms with Gasteiger partial charge in [-0.2, -0.15) is 0 Å². The number of hydrogen-bond donors (Lipinski definition) is 2. The molecule has 0 radical (unpaired) electrons. The zero-order valence-corrected chi connectivity index (χ0v) is 11.2. The molecule has 1 fully saturated rings. The topological polar surface area (TPSA) is 88.4 Å². The summed E-state index contributed by atoms with van der Waals surface area (Å²) in [6, 6.07) is 4.81. The van der Waals surface area contributed by atoms with Gasteiger partial charge in [0.2, 0.25) is 5.91 Å². The molecule has 1 aromatic rings. The summed E-state index contributed by atoms with van der Waals surface area (Å²) in [5, 5.41) is 11.8. The van der Waals surface area contributed by atoms with Crippen molar-refractivity contribution in [1.82, 2.24) is 9.88 Å². The van der Waals surface area contributed by atoms with Gasteiger partial charge in [-0.25, -0.2) is 0 Å². The molecule has 20 heavy (non-hydrogen) atoms. The van der Waals surface area contributed by atoms with Gasteiger partial charge in [0.25, 0.3) is 5.56 Å². The number of rotatable bonds is 6. The molecule has 108 valence electrons. The van der Waals surface area contributed by atoms with Crippen LogP contribution in [-0.2, 0) is 16.1 Å². The standard InChI is InChI=1S/C14H18N2O4/c17-11(5-9-16-8-2-1-4-12(16)18)15-10-14(13(19)20)6-3-7-14/h1-2,4,8H,3,5-7,9-10H2,(H,15,17)(H,19,20). The Kier molecular flexibility index (Phi) is 4.22. The van der Waals surface area contributed by atoms with Crippen molar-refractivity contribution < 1.29 is 14.7 Å². The van der Waals surface area contributed by atoms with Gasteiger partial charge >= 0.3 is 5.97 Å². The zero-order valence-electron chi connectivity index (χ0n) is 11.2. The molecule has 6 nitrogen and oxygen atoms in total. The van der Waals surface area contributed by atoms with E-state index in [1.54, 1.807) is 18.3 Å². The number of aliphatic carboxylic acids is 1. The lowest BCUT2D eigenvalue weighted by molar-refractivity contribution is -0.154. The Bertz CT molecular complexity index is 560. The van der Waals surface area contributed by atoms with Crippen LogP contribution in [0.2, 0.25) is 0 Å². The first-order valence-electron chi connectivity index (χ1n) is 6.69. The number of carboxylic acid groups (broad SMARTS) is 1. The molecule has 0 atom stereocenters. The van der Waals surface area contributed by atoms with Crippen molar-refractivity contribution in [2.24, 2.45) is 5.41 Å². The normalized spacial score (nSPS) is 16.2. The van der Waals surface area contributed by atoms with Crippen LogP contribution < -0.4 is 10.9 Å². The van der Waals surface area contributed by atoms with Crippen LogP contribution in [0.5, 0.6) is 0 Å². The van der Waals surface area contributed by atoms with E-state index in [1.165, 1.54) is 10.6 Å². The highest BCUT2D eigenvalue weighted by atomic mass is 16.4. The average molecular weight is 278 g/mol. The van der Waals surface area contributed by atoms with Crippen molar-refractivity contribution in [2.45, 2.75) is 32.2 Å². The second-order valence-corrected chi connectivity index (χ2v) is 5.20. The van der Waals surface area contributed by atoms with Crippen molar-refractivity contribution >= 4 is 11.9 Å². The Morgan fingerprint density at radius 3 is 2.65 bits per heavy atom. The lowest BCUT2D eigenvalue weighted by Gasteiger charge is -2.37. The molecule has 1 amide bonds. The second kappa shape index (κ2) is 5.90. The van der Waals surface area contributed by atoms with Gasteiger partial charge in [0, 0.05) is 31.8 Å². The molecule has 2 N–H and O–H groups in total. The van der Waals surface area contributed by atoms with Crippen molar-refractivity contribution in [3.8, 4) is 0 Å². The minimum atomic E-state index is -0.844. The molecule has 0 bridgehead atoms. The maximum absolute atomic E-state index is 11.7. The van der Waals surface area contributed by atoms with E-state index in [9.17, 15) is 14.4 Å². The fourth-order valence-electron chi connectivity index (χ4n) is 2.29. The van der Waals surface area contributed by atoms with Crippen molar-refractivity contribution in [3.63, 3.8) is 0 Å². The fourth-order valence-corrected chi connectivity index (χ4v) is 2.29. The molecule has 0 spiro atoms. The molecule has 6 heteroatoms. The van der Waals surface area contributed by atoms with Gasteiger partial charge in [0.15, 0.2) is 0 Å². The predicted molar refractivity (Wildman–Crippen MR) is 72.2 cm³/mol. The van der Waals surface area contributed by atoms with Crippen LogP contribution >= 0.6 is 0 Å². The van der Waals surface area contributed by atoms with Gasteiger partial charge in [-0.1, -0.05) is 12.5 Å². The number of nitrogens with one attached hydrogen (secondary N) is 1. The molecular weight excluding hydrogens is 260 g/mol. The van der Waals surface area contributed by atoms with Crippen LogP contribution in [-0.4, -0.2) is 28.1 Å². The summed E-state index contributed by atoms with van der Waals surface area (Å²) < 4.78 is 1.45. The Morgan fingerprint density at radius 2 is 2.10 bits per heavy atom. The Morgan fingerprint density at radius 1 is 1.35 bits per heavy atom. The van der Waals surface area contributed by atoms with Gasteiger partial charge in [0.1, 0.15) is 0 Å². The first-order valence-corrected chi connectivity index (χ1v) is 6.69. The third-order valence-corrected chi connectivity index (χ3v) is 3.87. The number of nitrogens with zero attached hydrogens (tertiary/aromatic N) is 1. The number of pyridine rings is 1. The highest BCUT2D eigenvalue weighted by Crippen LogP contribution is 2.40. The number of carbonyl (C=O) groups is 2. The summed E-state index contributed by atoms with van der Waals surface area (Å²) in [5.74, 6) is -1.07. The summed E-state index contributed by atoms with van der Waals surface area (Å²) in [4.78, 5) is 34.3. The number of aryl methyl sites for hydroxylation is 1. The van der Waals surface area contributed by atoms with E-state index in [0.717, 1.165) is 6.42 Å². The van der Waals surface area contributed by atoms with E-state index in [2.05, 4.69) is 5.32 Å². The Labute approximate surface area is 116 Å². The van der Waals surface area contributed by atoms with Crippen LogP contribution in [0.4, 0.5) is 0 Å². The van der Waals surface area contributed by atoms with Gasteiger partial charge in [-0.3, -0.25) is 14.4 Å². The molecule has 0 unspecified atom stereocenters. The third kappa shape index (κ3) is 3.07. The Balaban J connectivity index is 1.80. The van der Waals surface area contributed by atoms with Gasteiger partial charge < -0.3 is 15.0 Å². The summed E-state index contributed by atoms with van der Waals surface area (Å²) in [5.41, 5.74) is -0.930. The highest BCUT2D eigenvalue weighted by molar-refractivity contribution is 5.79. The molecule has 1 heterocycles. The maximum atomic E-state index is 11.7. The van der Waals surface area contributed by atoms with E-state index in [0.29, 0.717) is 19.4 Å². The lowest BCUT2D eigenvalue weighted by atomic mass is 9.69. The van der Waals surface area contributed by atoms with Crippen molar-refractivity contribution in [1.29, 1.82) is 0 Å². The molecule has 0 aromatic carbocycles. The Hall–Kier alpha value is -2.11. The van der Waals surface area contributed by atoms with Crippen LogP contribution in [0.15, 0.2) is 29.2 Å². The minimum absolute atomic E-state index is 0.152. The quantitative estimate of drug-likeness (QED) is 0.798. The van der Waals surface area contributed by atoms with Crippen molar-refractivity contribution in [3.05, 3.63) is 34.7 Å². The molecule has 0 saturated heterocycles. The lowest BCUT2D eigenvalue weighted by Crippen LogP contribution is -2.47. The van der Waals surface area contributed by atoms with Crippen LogP contribution in [0.1, 0.15) is 25.7 Å². The fraction of sp³-hybridized carbons (Fsp3) is 0.500. The summed E-state index contributed by atoms with van der Waals surface area (Å²) in [6.45, 7) is 0.469. The molecule has 1 aliphatic carbocycles. The third-order valence-electron chi connectivity index (χ3n) is 3.87. The van der Waals surface area contributed by atoms with Gasteiger partial charge in [-0.15, -0.1) is 0 Å². The van der Waals surface area contributed by atoms with Crippen LogP contribution in [0.3, 0.4) is 0 Å². The van der Waals surface area contributed by atoms with Crippen LogP contribution in [0.25, 0.3) is 0 Å². The summed E-state index contributed by atoms with van der Waals surface area (Å²) in [7, 11) is 0. The molecule has 0 aliphatic heterocycles. The molecular formula is C14H18N2O4. The number of carboxylic acids is 1. The largest absolute Gasteiger partial charge is 0.481 e. The summed E-state index contributed by atoms with van der Waals surface area (Å²) in [6.07, 6.45) is 3.91. The average Bonchev–Trinajstić information content (AvgIpc) is 2.36. The number of amides is 1. The second-order valence-electron chi connectivity index (χ2n) is 5.20. The first-order chi connectivity index (χ1) is 9.53. The highest BCUT2D eigenvalue weighted by Gasteiger charge is 2.44. The van der Waals surface area contributed by atoms with Gasteiger partial charge in [0.05, 0.1) is 5.41 Å². The number of hydrogen-bond acceptors (Lipinski definition) is 3. The predicted octanol–water partition coefficient (Wildman–Crippen LogP) is 0.609. The van der Waals surface area contributed by atoms with Gasteiger partial charge in [-0.05, 0) is 18.9 Å². The van der Waals surface area contributed by atoms with E-state index in [4.69, 9.17) is 5.11 Å². The first kappa shape index (κ1) is 14.3. The van der Waals surface area contributed by atoms with E-state index in [1.807, 2.05) is 0 Å². The zero-order chi connectivity index (χ0) is 14.6. The molecule has 2 rings (SSSR count). The van der Waals surface area contributed by atoms with Crippen molar-refractivity contribution in [2.75, 3.05) is 6.54 Å². The van der Waals surface area contributed by atoms with E-state index >= 15 is 0 Å². The number of carbonyl (C=O) groups excluding carboxylic acids is 1. The SMILES string of the molecule is O=C(CCn1ccccc1=O)NCC1(C(=O)O)CCC1. The summed E-state index contributed by atoms with van der Waals surface area (Å²) >= 11 is 0. The maximum Gasteiger partial charge on any atom is 0.311 e. The molecule has 1 saturated carbocycles.